The second-order valence-electron chi connectivity index (χ2n) is 3.41. The highest BCUT2D eigenvalue weighted by Gasteiger charge is 2.15. The fraction of sp³-hybridized carbons (Fsp3) is 0.571. The molecule has 0 aliphatic rings. The predicted octanol–water partition coefficient (Wildman–Crippen LogP) is -1.30. The molecule has 1 aromatic heterocycles. The molecule has 0 amide bonds. The lowest BCUT2D eigenvalue weighted by Crippen LogP contribution is -2.41. The van der Waals surface area contributed by atoms with Crippen molar-refractivity contribution in [3.63, 3.8) is 0 Å². The number of hydrogen-bond acceptors (Lipinski definition) is 4. The van der Waals surface area contributed by atoms with E-state index in [1.165, 1.54) is 13.8 Å². The van der Waals surface area contributed by atoms with E-state index < -0.39 is 16.9 Å². The maximum absolute atomic E-state index is 11.1. The first-order valence-electron chi connectivity index (χ1n) is 3.77. The fourth-order valence-corrected chi connectivity index (χ4v) is 0.910. The van der Waals surface area contributed by atoms with Gasteiger partial charge in [0, 0.05) is 0 Å². The Bertz CT molecular complexity index is 370. The molecule has 0 fully saturated rings. The molecular formula is C7H11N3O3. The van der Waals surface area contributed by atoms with Crippen LogP contribution in [0.1, 0.15) is 13.8 Å². The van der Waals surface area contributed by atoms with Crippen molar-refractivity contribution in [1.82, 2.24) is 14.8 Å². The molecule has 2 N–H and O–H groups in total. The van der Waals surface area contributed by atoms with E-state index in [0.29, 0.717) is 0 Å². The molecule has 0 spiro atoms. The maximum Gasteiger partial charge on any atom is 0.344 e. The average Bonchev–Trinajstić information content (AvgIpc) is 1.95. The summed E-state index contributed by atoms with van der Waals surface area (Å²) in [5.41, 5.74) is -2.24. The van der Waals surface area contributed by atoms with Crippen LogP contribution in [-0.2, 0) is 6.54 Å². The molecule has 0 radical (unpaired) electrons. The number of aliphatic hydroxyl groups is 1. The summed E-state index contributed by atoms with van der Waals surface area (Å²) < 4.78 is 0.896. The van der Waals surface area contributed by atoms with Gasteiger partial charge in [0.25, 0.3) is 5.56 Å². The second kappa shape index (κ2) is 3.14. The highest BCUT2D eigenvalue weighted by Crippen LogP contribution is 2.00. The van der Waals surface area contributed by atoms with Crippen molar-refractivity contribution in [1.29, 1.82) is 0 Å². The summed E-state index contributed by atoms with van der Waals surface area (Å²) >= 11 is 0. The van der Waals surface area contributed by atoms with Crippen LogP contribution in [0.15, 0.2) is 15.8 Å². The molecule has 0 unspecified atom stereocenters. The van der Waals surface area contributed by atoms with Gasteiger partial charge < -0.3 is 5.11 Å². The Hall–Kier alpha value is -1.43. The molecule has 0 aliphatic heterocycles. The Balaban J connectivity index is 3.16. The third kappa shape index (κ3) is 2.51. The van der Waals surface area contributed by atoms with Crippen molar-refractivity contribution >= 4 is 0 Å². The molecule has 0 aliphatic carbocycles. The molecule has 0 aromatic carbocycles. The zero-order chi connectivity index (χ0) is 10.1. The van der Waals surface area contributed by atoms with Gasteiger partial charge in [0.2, 0.25) is 0 Å². The standard InChI is InChI=1S/C7H11N3O3/c1-7(2,13)4-10-5(11)3-8-9-6(10)12/h3,13H,4H2,1-2H3,(H,9,12). The molecule has 1 aromatic rings. The quantitative estimate of drug-likeness (QED) is 0.599. The van der Waals surface area contributed by atoms with Crippen molar-refractivity contribution in [3.8, 4) is 0 Å². The van der Waals surface area contributed by atoms with Crippen molar-refractivity contribution < 1.29 is 5.11 Å². The van der Waals surface area contributed by atoms with Crippen molar-refractivity contribution in [2.45, 2.75) is 26.0 Å². The van der Waals surface area contributed by atoms with Gasteiger partial charge in [-0.3, -0.25) is 9.36 Å². The smallest absolute Gasteiger partial charge is 0.344 e. The van der Waals surface area contributed by atoms with E-state index in [0.717, 1.165) is 10.8 Å². The van der Waals surface area contributed by atoms with Crippen LogP contribution in [0.25, 0.3) is 0 Å². The maximum atomic E-state index is 11.1. The zero-order valence-corrected chi connectivity index (χ0v) is 7.44. The summed E-state index contributed by atoms with van der Waals surface area (Å²) in [6.45, 7) is 2.97. The third-order valence-electron chi connectivity index (χ3n) is 1.39. The lowest BCUT2D eigenvalue weighted by atomic mass is 10.1. The van der Waals surface area contributed by atoms with E-state index in [1.54, 1.807) is 0 Å². The van der Waals surface area contributed by atoms with Crippen LogP contribution in [-0.4, -0.2) is 25.5 Å². The second-order valence-corrected chi connectivity index (χ2v) is 3.41. The summed E-state index contributed by atoms with van der Waals surface area (Å²) in [7, 11) is 0. The van der Waals surface area contributed by atoms with Crippen LogP contribution in [0.5, 0.6) is 0 Å². The minimum Gasteiger partial charge on any atom is -0.389 e. The minimum absolute atomic E-state index is 0.0519. The molecule has 0 saturated carbocycles. The van der Waals surface area contributed by atoms with E-state index >= 15 is 0 Å². The topological polar surface area (TPSA) is 88.0 Å². The van der Waals surface area contributed by atoms with Crippen LogP contribution in [0.4, 0.5) is 0 Å². The number of rotatable bonds is 2. The van der Waals surface area contributed by atoms with Crippen LogP contribution >= 0.6 is 0 Å². The molecule has 6 nitrogen and oxygen atoms in total. The summed E-state index contributed by atoms with van der Waals surface area (Å²) in [4.78, 5) is 22.1. The largest absolute Gasteiger partial charge is 0.389 e. The molecule has 13 heavy (non-hydrogen) atoms. The summed E-state index contributed by atoms with van der Waals surface area (Å²) in [5.74, 6) is 0. The van der Waals surface area contributed by atoms with Crippen LogP contribution in [0.2, 0.25) is 0 Å². The summed E-state index contributed by atoms with van der Waals surface area (Å²) in [6.07, 6.45) is 0.993. The highest BCUT2D eigenvalue weighted by atomic mass is 16.3. The van der Waals surface area contributed by atoms with E-state index in [-0.39, 0.29) is 6.54 Å². The molecule has 0 saturated heterocycles. The Labute approximate surface area is 73.8 Å². The number of aromatic amines is 1. The van der Waals surface area contributed by atoms with Gasteiger partial charge in [-0.15, -0.1) is 0 Å². The SMILES string of the molecule is CC(C)(O)Cn1c(=O)cn[nH]c1=O. The average molecular weight is 185 g/mol. The summed E-state index contributed by atoms with van der Waals surface area (Å²) in [6, 6.07) is 0. The molecule has 6 heteroatoms. The Kier molecular flexibility index (Phi) is 2.33. The molecule has 1 heterocycles. The molecule has 0 bridgehead atoms. The number of H-pyrrole nitrogens is 1. The molecule has 0 atom stereocenters. The van der Waals surface area contributed by atoms with Gasteiger partial charge in [0.1, 0.15) is 6.20 Å². The normalized spacial score (nSPS) is 11.6. The van der Waals surface area contributed by atoms with Gasteiger partial charge >= 0.3 is 5.69 Å². The number of nitrogens with one attached hydrogen (secondary N) is 1. The first kappa shape index (κ1) is 9.66. The predicted molar refractivity (Wildman–Crippen MR) is 45.4 cm³/mol. The Morgan fingerprint density at radius 3 is 2.69 bits per heavy atom. The van der Waals surface area contributed by atoms with E-state index in [1.807, 2.05) is 0 Å². The first-order chi connectivity index (χ1) is 5.90. The minimum atomic E-state index is -1.10. The fourth-order valence-electron chi connectivity index (χ4n) is 0.910. The van der Waals surface area contributed by atoms with Crippen LogP contribution in [0, 0.1) is 0 Å². The van der Waals surface area contributed by atoms with Gasteiger partial charge in [-0.1, -0.05) is 0 Å². The van der Waals surface area contributed by atoms with Crippen molar-refractivity contribution in [3.05, 3.63) is 27.0 Å². The number of nitrogens with zero attached hydrogens (tertiary/aromatic N) is 2. The molecular weight excluding hydrogens is 174 g/mol. The molecule has 72 valence electrons. The van der Waals surface area contributed by atoms with Gasteiger partial charge in [-0.25, -0.2) is 9.89 Å². The Morgan fingerprint density at radius 1 is 1.62 bits per heavy atom. The van der Waals surface area contributed by atoms with E-state index in [2.05, 4.69) is 10.2 Å². The lowest BCUT2D eigenvalue weighted by molar-refractivity contribution is 0.0588. The van der Waals surface area contributed by atoms with Crippen molar-refractivity contribution in [2.75, 3.05) is 0 Å². The van der Waals surface area contributed by atoms with Gasteiger partial charge in [-0.2, -0.15) is 5.10 Å². The Morgan fingerprint density at radius 2 is 2.23 bits per heavy atom. The lowest BCUT2D eigenvalue weighted by Gasteiger charge is -2.16. The number of hydrogen-bond donors (Lipinski definition) is 2. The van der Waals surface area contributed by atoms with Crippen LogP contribution in [0.3, 0.4) is 0 Å². The van der Waals surface area contributed by atoms with Gasteiger partial charge in [0.05, 0.1) is 12.1 Å². The van der Waals surface area contributed by atoms with E-state index in [4.69, 9.17) is 0 Å². The third-order valence-corrected chi connectivity index (χ3v) is 1.39. The van der Waals surface area contributed by atoms with Gasteiger partial charge in [-0.05, 0) is 13.8 Å². The monoisotopic (exact) mass is 185 g/mol. The number of aromatic nitrogens is 3. The van der Waals surface area contributed by atoms with E-state index in [9.17, 15) is 14.7 Å². The summed E-state index contributed by atoms with van der Waals surface area (Å²) in [5, 5.41) is 14.8. The highest BCUT2D eigenvalue weighted by molar-refractivity contribution is 4.77. The zero-order valence-electron chi connectivity index (χ0n) is 7.44. The van der Waals surface area contributed by atoms with Gasteiger partial charge in [0.15, 0.2) is 0 Å². The molecule has 1 rings (SSSR count). The van der Waals surface area contributed by atoms with Crippen LogP contribution < -0.4 is 11.2 Å². The first-order valence-corrected chi connectivity index (χ1v) is 3.77. The van der Waals surface area contributed by atoms with Crippen molar-refractivity contribution in [2.24, 2.45) is 0 Å².